The Balaban J connectivity index is 2.44. The van der Waals surface area contributed by atoms with E-state index in [1.54, 1.807) is 0 Å². The van der Waals surface area contributed by atoms with Crippen molar-refractivity contribution in [1.29, 1.82) is 0 Å². The second-order valence-corrected chi connectivity index (χ2v) is 4.93. The predicted octanol–water partition coefficient (Wildman–Crippen LogP) is 1.74. The largest absolute Gasteiger partial charge is 0.465 e. The van der Waals surface area contributed by atoms with Crippen LogP contribution in [0.15, 0.2) is 0 Å². The molecule has 13 heavy (non-hydrogen) atoms. The van der Waals surface area contributed by atoms with Crippen molar-refractivity contribution in [1.82, 2.24) is 5.32 Å². The molecule has 0 aromatic carbocycles. The van der Waals surface area contributed by atoms with Crippen LogP contribution in [-0.4, -0.2) is 13.1 Å². The summed E-state index contributed by atoms with van der Waals surface area (Å²) >= 11 is 3.75. The second kappa shape index (κ2) is 3.55. The van der Waals surface area contributed by atoms with Crippen LogP contribution in [0.3, 0.4) is 0 Å². The monoisotopic (exact) mass is 309 g/mol. The van der Waals surface area contributed by atoms with E-state index in [-0.39, 0.29) is 5.97 Å². The van der Waals surface area contributed by atoms with Crippen LogP contribution in [0.25, 0.3) is 0 Å². The fourth-order valence-corrected chi connectivity index (χ4v) is 3.68. The van der Waals surface area contributed by atoms with Gasteiger partial charge in [-0.2, -0.15) is 0 Å². The SMILES string of the molecule is COC(=O)c1sc2c(c1I)CNC2. The van der Waals surface area contributed by atoms with E-state index in [9.17, 15) is 4.79 Å². The molecule has 0 bridgehead atoms. The normalized spacial score (nSPS) is 14.3. The summed E-state index contributed by atoms with van der Waals surface area (Å²) in [5.74, 6) is -0.219. The highest BCUT2D eigenvalue weighted by Crippen LogP contribution is 2.33. The van der Waals surface area contributed by atoms with Crippen LogP contribution < -0.4 is 5.32 Å². The zero-order chi connectivity index (χ0) is 9.42. The zero-order valence-corrected chi connectivity index (χ0v) is 9.99. The van der Waals surface area contributed by atoms with Crippen LogP contribution in [0.1, 0.15) is 20.1 Å². The van der Waals surface area contributed by atoms with Gasteiger partial charge in [0.2, 0.25) is 0 Å². The lowest BCUT2D eigenvalue weighted by molar-refractivity contribution is 0.0605. The fourth-order valence-electron chi connectivity index (χ4n) is 1.33. The summed E-state index contributed by atoms with van der Waals surface area (Å²) in [5, 5.41) is 3.25. The average Bonchev–Trinajstić information content (AvgIpc) is 2.68. The Morgan fingerprint density at radius 3 is 3.00 bits per heavy atom. The lowest BCUT2D eigenvalue weighted by atomic mass is 10.3. The molecule has 1 aromatic rings. The van der Waals surface area contributed by atoms with Crippen LogP contribution in [0.5, 0.6) is 0 Å². The number of esters is 1. The van der Waals surface area contributed by atoms with Crippen LogP contribution in [0, 0.1) is 3.57 Å². The number of nitrogens with one attached hydrogen (secondary N) is 1. The van der Waals surface area contributed by atoms with Gasteiger partial charge >= 0.3 is 5.97 Å². The van der Waals surface area contributed by atoms with Crippen molar-refractivity contribution in [2.24, 2.45) is 0 Å². The number of methoxy groups -OCH3 is 1. The first kappa shape index (κ1) is 9.42. The summed E-state index contributed by atoms with van der Waals surface area (Å²) in [5.41, 5.74) is 1.27. The second-order valence-electron chi connectivity index (χ2n) is 2.74. The van der Waals surface area contributed by atoms with Gasteiger partial charge in [-0.3, -0.25) is 0 Å². The maximum atomic E-state index is 11.3. The van der Waals surface area contributed by atoms with E-state index in [4.69, 9.17) is 4.74 Å². The lowest BCUT2D eigenvalue weighted by Crippen LogP contribution is -2.04. The summed E-state index contributed by atoms with van der Waals surface area (Å²) < 4.78 is 5.75. The predicted molar refractivity (Wildman–Crippen MR) is 58.9 cm³/mol. The first-order valence-corrected chi connectivity index (χ1v) is 5.72. The minimum Gasteiger partial charge on any atom is -0.465 e. The van der Waals surface area contributed by atoms with Gasteiger partial charge in [-0.1, -0.05) is 0 Å². The van der Waals surface area contributed by atoms with Gasteiger partial charge in [-0.05, 0) is 28.2 Å². The highest BCUT2D eigenvalue weighted by Gasteiger charge is 2.23. The van der Waals surface area contributed by atoms with E-state index in [1.165, 1.54) is 28.9 Å². The molecule has 0 aliphatic carbocycles. The maximum absolute atomic E-state index is 11.3. The van der Waals surface area contributed by atoms with Gasteiger partial charge in [0.05, 0.1) is 7.11 Å². The molecule has 1 aliphatic rings. The van der Waals surface area contributed by atoms with Crippen molar-refractivity contribution in [2.75, 3.05) is 7.11 Å². The third-order valence-corrected chi connectivity index (χ3v) is 4.75. The summed E-state index contributed by atoms with van der Waals surface area (Å²) in [6.07, 6.45) is 0. The molecule has 2 heterocycles. The van der Waals surface area contributed by atoms with Crippen LogP contribution in [0.4, 0.5) is 0 Å². The van der Waals surface area contributed by atoms with Crippen molar-refractivity contribution >= 4 is 39.9 Å². The maximum Gasteiger partial charge on any atom is 0.349 e. The third-order valence-electron chi connectivity index (χ3n) is 1.98. The van der Waals surface area contributed by atoms with Gasteiger partial charge in [0.15, 0.2) is 0 Å². The molecule has 0 unspecified atom stereocenters. The fraction of sp³-hybridized carbons (Fsp3) is 0.375. The smallest absolute Gasteiger partial charge is 0.349 e. The molecular formula is C8H8INO2S. The van der Waals surface area contributed by atoms with Crippen molar-refractivity contribution in [2.45, 2.75) is 13.1 Å². The van der Waals surface area contributed by atoms with Gasteiger partial charge in [-0.25, -0.2) is 4.79 Å². The first-order valence-electron chi connectivity index (χ1n) is 3.83. The number of ether oxygens (including phenoxy) is 1. The number of fused-ring (bicyclic) bond motifs is 1. The molecule has 0 spiro atoms. The average molecular weight is 309 g/mol. The van der Waals surface area contributed by atoms with E-state index in [0.717, 1.165) is 21.5 Å². The van der Waals surface area contributed by atoms with Crippen molar-refractivity contribution in [3.8, 4) is 0 Å². The molecule has 0 saturated heterocycles. The van der Waals surface area contributed by atoms with E-state index >= 15 is 0 Å². The number of hydrogen-bond acceptors (Lipinski definition) is 4. The molecule has 2 rings (SSSR count). The summed E-state index contributed by atoms with van der Waals surface area (Å²) in [6, 6.07) is 0. The quantitative estimate of drug-likeness (QED) is 0.634. The molecule has 1 aliphatic heterocycles. The third kappa shape index (κ3) is 1.49. The van der Waals surface area contributed by atoms with E-state index in [0.29, 0.717) is 0 Å². The van der Waals surface area contributed by atoms with Gasteiger partial charge < -0.3 is 10.1 Å². The molecule has 0 saturated carbocycles. The van der Waals surface area contributed by atoms with Gasteiger partial charge in [0.25, 0.3) is 0 Å². The minimum atomic E-state index is -0.219. The number of thiophene rings is 1. The Labute approximate surface area is 93.6 Å². The van der Waals surface area contributed by atoms with Crippen molar-refractivity contribution in [3.63, 3.8) is 0 Å². The topological polar surface area (TPSA) is 38.3 Å². The van der Waals surface area contributed by atoms with Gasteiger partial charge in [-0.15, -0.1) is 11.3 Å². The molecule has 1 N–H and O–H groups in total. The molecule has 1 aromatic heterocycles. The van der Waals surface area contributed by atoms with E-state index in [2.05, 4.69) is 27.9 Å². The minimum absolute atomic E-state index is 0.219. The molecular weight excluding hydrogens is 301 g/mol. The standard InChI is InChI=1S/C8H8INO2S/c1-12-8(11)7-6(9)4-2-10-3-5(4)13-7/h10H,2-3H2,1H3. The van der Waals surface area contributed by atoms with E-state index in [1.807, 2.05) is 0 Å². The number of carbonyl (C=O) groups excluding carboxylic acids is 1. The van der Waals surface area contributed by atoms with Gasteiger partial charge in [0, 0.05) is 21.5 Å². The Morgan fingerprint density at radius 1 is 1.62 bits per heavy atom. The molecule has 3 nitrogen and oxygen atoms in total. The highest BCUT2D eigenvalue weighted by molar-refractivity contribution is 14.1. The molecule has 0 radical (unpaired) electrons. The Morgan fingerprint density at radius 2 is 2.38 bits per heavy atom. The number of halogens is 1. The number of carbonyl (C=O) groups is 1. The van der Waals surface area contributed by atoms with Crippen molar-refractivity contribution in [3.05, 3.63) is 18.9 Å². The first-order chi connectivity index (χ1) is 6.24. The van der Waals surface area contributed by atoms with Gasteiger partial charge in [0.1, 0.15) is 4.88 Å². The Kier molecular flexibility index (Phi) is 2.57. The zero-order valence-electron chi connectivity index (χ0n) is 7.02. The molecule has 0 amide bonds. The molecule has 5 heteroatoms. The highest BCUT2D eigenvalue weighted by atomic mass is 127. The van der Waals surface area contributed by atoms with Crippen LogP contribution >= 0.6 is 33.9 Å². The summed E-state index contributed by atoms with van der Waals surface area (Å²) in [4.78, 5) is 13.3. The number of rotatable bonds is 1. The van der Waals surface area contributed by atoms with Crippen LogP contribution in [-0.2, 0) is 17.8 Å². The Hall–Kier alpha value is -0.140. The summed E-state index contributed by atoms with van der Waals surface area (Å²) in [7, 11) is 1.42. The lowest BCUT2D eigenvalue weighted by Gasteiger charge is -1.97. The molecule has 0 fully saturated rings. The van der Waals surface area contributed by atoms with Crippen LogP contribution in [0.2, 0.25) is 0 Å². The van der Waals surface area contributed by atoms with E-state index < -0.39 is 0 Å². The summed E-state index contributed by atoms with van der Waals surface area (Å²) in [6.45, 7) is 1.76. The number of hydrogen-bond donors (Lipinski definition) is 1. The van der Waals surface area contributed by atoms with Crippen molar-refractivity contribution < 1.29 is 9.53 Å². The molecule has 70 valence electrons. The Bertz CT molecular complexity index is 361. The molecule has 0 atom stereocenters.